The Morgan fingerprint density at radius 3 is 2.19 bits per heavy atom. The van der Waals surface area contributed by atoms with Crippen molar-refractivity contribution in [2.24, 2.45) is 0 Å². The highest BCUT2D eigenvalue weighted by atomic mass is 32.2. The first-order valence-corrected chi connectivity index (χ1v) is 10.6. The number of nitrogens with one attached hydrogen (secondary N) is 1. The summed E-state index contributed by atoms with van der Waals surface area (Å²) in [5, 5.41) is 2.99. The minimum atomic E-state index is -3.70. The number of amides is 1. The number of benzene rings is 2. The Hall–Kier alpha value is -2.34. The second kappa shape index (κ2) is 8.57. The van der Waals surface area contributed by atoms with Crippen LogP contribution >= 0.6 is 0 Å². The molecule has 0 unspecified atom stereocenters. The first kappa shape index (κ1) is 21.0. The number of hydrogen-bond donors (Lipinski definition) is 1. The van der Waals surface area contributed by atoms with Crippen LogP contribution in [0.1, 0.15) is 48.2 Å². The summed E-state index contributed by atoms with van der Waals surface area (Å²) in [6, 6.07) is 12.0. The summed E-state index contributed by atoms with van der Waals surface area (Å²) in [5.74, 6) is -0.189. The summed E-state index contributed by atoms with van der Waals surface area (Å²) in [6.07, 6.45) is 1.70. The predicted molar refractivity (Wildman–Crippen MR) is 110 cm³/mol. The smallest absolute Gasteiger partial charge is 0.264 e. The van der Waals surface area contributed by atoms with Crippen LogP contribution < -0.4 is 9.62 Å². The van der Waals surface area contributed by atoms with Gasteiger partial charge in [0.2, 0.25) is 0 Å². The largest absolute Gasteiger partial charge is 0.349 e. The van der Waals surface area contributed by atoms with E-state index < -0.39 is 10.0 Å². The van der Waals surface area contributed by atoms with E-state index in [0.717, 1.165) is 24.0 Å². The van der Waals surface area contributed by atoms with Gasteiger partial charge in [-0.3, -0.25) is 9.10 Å². The van der Waals surface area contributed by atoms with E-state index in [4.69, 9.17) is 0 Å². The Balaban J connectivity index is 2.37. The molecule has 0 aliphatic heterocycles. The zero-order valence-electron chi connectivity index (χ0n) is 16.6. The van der Waals surface area contributed by atoms with Gasteiger partial charge in [0.15, 0.2) is 0 Å². The second-order valence-electron chi connectivity index (χ2n) is 6.77. The minimum absolute atomic E-state index is 0.108. The molecule has 27 heavy (non-hydrogen) atoms. The number of carbonyl (C=O) groups is 1. The lowest BCUT2D eigenvalue weighted by Crippen LogP contribution is -2.34. The molecule has 2 rings (SSSR count). The van der Waals surface area contributed by atoms with Crippen LogP contribution in [-0.2, 0) is 10.0 Å². The van der Waals surface area contributed by atoms with Crippen molar-refractivity contribution in [2.75, 3.05) is 11.4 Å². The van der Waals surface area contributed by atoms with Gasteiger partial charge in [0.25, 0.3) is 15.9 Å². The molecule has 0 atom stereocenters. The molecule has 2 aromatic rings. The summed E-state index contributed by atoms with van der Waals surface area (Å²) < 4.78 is 27.2. The van der Waals surface area contributed by atoms with Gasteiger partial charge < -0.3 is 5.32 Å². The number of anilines is 1. The molecule has 0 bridgehead atoms. The Morgan fingerprint density at radius 1 is 1.04 bits per heavy atom. The van der Waals surface area contributed by atoms with Crippen LogP contribution in [0.2, 0.25) is 0 Å². The molecule has 2 aromatic carbocycles. The molecule has 5 nitrogen and oxygen atoms in total. The van der Waals surface area contributed by atoms with Gasteiger partial charge in [-0.1, -0.05) is 37.6 Å². The van der Waals surface area contributed by atoms with Crippen LogP contribution in [0.3, 0.4) is 0 Å². The number of sulfonamides is 1. The van der Waals surface area contributed by atoms with E-state index in [9.17, 15) is 13.2 Å². The first-order chi connectivity index (χ1) is 12.7. The van der Waals surface area contributed by atoms with Crippen LogP contribution in [0.15, 0.2) is 47.4 Å². The van der Waals surface area contributed by atoms with Gasteiger partial charge in [-0.2, -0.15) is 0 Å². The molecule has 0 aliphatic rings. The average molecular weight is 389 g/mol. The molecular weight excluding hydrogens is 360 g/mol. The molecule has 0 fully saturated rings. The maximum Gasteiger partial charge on any atom is 0.264 e. The van der Waals surface area contributed by atoms with Gasteiger partial charge in [-0.05, 0) is 56.5 Å². The van der Waals surface area contributed by atoms with Gasteiger partial charge in [-0.25, -0.2) is 8.42 Å². The Morgan fingerprint density at radius 2 is 1.63 bits per heavy atom. The molecule has 1 N–H and O–H groups in total. The van der Waals surface area contributed by atoms with Crippen molar-refractivity contribution >= 4 is 21.6 Å². The fraction of sp³-hybridized carbons (Fsp3) is 0.381. The Bertz CT molecular complexity index is 902. The van der Waals surface area contributed by atoms with E-state index >= 15 is 0 Å². The quantitative estimate of drug-likeness (QED) is 0.778. The van der Waals surface area contributed by atoms with Crippen LogP contribution in [0.25, 0.3) is 0 Å². The number of rotatable bonds is 7. The van der Waals surface area contributed by atoms with Crippen LogP contribution in [0.5, 0.6) is 0 Å². The zero-order chi connectivity index (χ0) is 20.2. The van der Waals surface area contributed by atoms with Crippen molar-refractivity contribution in [2.45, 2.75) is 51.5 Å². The van der Waals surface area contributed by atoms with E-state index in [1.165, 1.54) is 11.4 Å². The molecule has 0 radical (unpaired) electrons. The molecule has 0 heterocycles. The topological polar surface area (TPSA) is 66.5 Å². The van der Waals surface area contributed by atoms with Crippen molar-refractivity contribution in [1.82, 2.24) is 5.32 Å². The Kier molecular flexibility index (Phi) is 6.65. The highest BCUT2D eigenvalue weighted by Crippen LogP contribution is 2.26. The third kappa shape index (κ3) is 4.69. The molecule has 0 saturated heterocycles. The van der Waals surface area contributed by atoms with Gasteiger partial charge in [0.05, 0.1) is 10.6 Å². The van der Waals surface area contributed by atoms with Crippen molar-refractivity contribution < 1.29 is 13.2 Å². The number of nitrogens with zero attached hydrogens (tertiary/aromatic N) is 1. The highest BCUT2D eigenvalue weighted by molar-refractivity contribution is 7.92. The van der Waals surface area contributed by atoms with E-state index in [2.05, 4.69) is 5.32 Å². The molecule has 1 amide bonds. The fourth-order valence-electron chi connectivity index (χ4n) is 2.85. The van der Waals surface area contributed by atoms with Crippen LogP contribution in [0, 0.1) is 13.8 Å². The lowest BCUT2D eigenvalue weighted by atomic mass is 10.1. The minimum Gasteiger partial charge on any atom is -0.349 e. The van der Waals surface area contributed by atoms with Crippen molar-refractivity contribution in [3.63, 3.8) is 0 Å². The van der Waals surface area contributed by atoms with Gasteiger partial charge in [0.1, 0.15) is 0 Å². The molecule has 0 saturated carbocycles. The molecule has 0 spiro atoms. The Labute approximate surface area is 162 Å². The zero-order valence-corrected chi connectivity index (χ0v) is 17.4. The molecule has 146 valence electrons. The van der Waals surface area contributed by atoms with E-state index in [1.54, 1.807) is 42.5 Å². The molecular formula is C21H28N2O3S. The van der Waals surface area contributed by atoms with E-state index in [0.29, 0.717) is 11.3 Å². The third-order valence-electron chi connectivity index (χ3n) is 4.81. The lowest BCUT2D eigenvalue weighted by molar-refractivity contribution is 0.0935. The van der Waals surface area contributed by atoms with Crippen molar-refractivity contribution in [3.8, 4) is 0 Å². The summed E-state index contributed by atoms with van der Waals surface area (Å²) in [5.41, 5.74) is 2.72. The summed E-state index contributed by atoms with van der Waals surface area (Å²) in [4.78, 5) is 12.8. The number of hydrogen-bond acceptors (Lipinski definition) is 3. The van der Waals surface area contributed by atoms with Gasteiger partial charge in [-0.15, -0.1) is 0 Å². The standard InChI is InChI=1S/C21H28N2O3S/c1-6-18(7-2)22-21(24)17-11-10-16(4)20(14-17)23(5)27(25,26)19-12-8-15(3)9-13-19/h8-14,18H,6-7H2,1-5H3,(H,22,24). The summed E-state index contributed by atoms with van der Waals surface area (Å²) in [7, 11) is -2.19. The van der Waals surface area contributed by atoms with Crippen molar-refractivity contribution in [3.05, 3.63) is 59.2 Å². The van der Waals surface area contributed by atoms with Gasteiger partial charge in [0, 0.05) is 18.7 Å². The summed E-state index contributed by atoms with van der Waals surface area (Å²) in [6.45, 7) is 7.79. The molecule has 0 aromatic heterocycles. The first-order valence-electron chi connectivity index (χ1n) is 9.17. The molecule has 6 heteroatoms. The lowest BCUT2D eigenvalue weighted by Gasteiger charge is -2.22. The maximum atomic E-state index is 13.0. The molecule has 0 aliphatic carbocycles. The number of aryl methyl sites for hydroxylation is 2. The normalized spacial score (nSPS) is 11.5. The SMILES string of the molecule is CCC(CC)NC(=O)c1ccc(C)c(N(C)S(=O)(=O)c2ccc(C)cc2)c1. The highest BCUT2D eigenvalue weighted by Gasteiger charge is 2.23. The van der Waals surface area contributed by atoms with Crippen molar-refractivity contribution in [1.29, 1.82) is 0 Å². The fourth-order valence-corrected chi connectivity index (χ4v) is 4.10. The predicted octanol–water partition coefficient (Wildman–Crippen LogP) is 4.05. The number of carbonyl (C=O) groups excluding carboxylic acids is 1. The van der Waals surface area contributed by atoms with Crippen LogP contribution in [0.4, 0.5) is 5.69 Å². The summed E-state index contributed by atoms with van der Waals surface area (Å²) >= 11 is 0. The van der Waals surface area contributed by atoms with Crippen LogP contribution in [-0.4, -0.2) is 27.4 Å². The van der Waals surface area contributed by atoms with Gasteiger partial charge >= 0.3 is 0 Å². The monoisotopic (exact) mass is 388 g/mol. The third-order valence-corrected chi connectivity index (χ3v) is 6.60. The second-order valence-corrected chi connectivity index (χ2v) is 8.74. The average Bonchev–Trinajstić information content (AvgIpc) is 2.66. The maximum absolute atomic E-state index is 13.0. The van der Waals surface area contributed by atoms with E-state index in [-0.39, 0.29) is 16.8 Å². The van der Waals surface area contributed by atoms with E-state index in [1.807, 2.05) is 27.7 Å².